The van der Waals surface area contributed by atoms with Gasteiger partial charge in [0.25, 0.3) is 10.0 Å². The molecule has 23 heavy (non-hydrogen) atoms. The summed E-state index contributed by atoms with van der Waals surface area (Å²) in [5.74, 6) is 1.26. The van der Waals surface area contributed by atoms with Crippen molar-refractivity contribution in [1.29, 1.82) is 0 Å². The van der Waals surface area contributed by atoms with Crippen LogP contribution in [0.5, 0.6) is 0 Å². The van der Waals surface area contributed by atoms with Crippen LogP contribution < -0.4 is 5.73 Å². The Labute approximate surface area is 159 Å². The third kappa shape index (κ3) is 5.57. The molecule has 0 spiro atoms. The molecule has 0 saturated carbocycles. The highest BCUT2D eigenvalue weighted by atomic mass is 127. The van der Waals surface area contributed by atoms with Gasteiger partial charge in [0.05, 0.1) is 6.54 Å². The molecule has 1 fully saturated rings. The van der Waals surface area contributed by atoms with Crippen LogP contribution in [-0.2, 0) is 10.0 Å². The van der Waals surface area contributed by atoms with E-state index in [4.69, 9.17) is 5.73 Å². The van der Waals surface area contributed by atoms with E-state index in [1.165, 1.54) is 15.6 Å². The van der Waals surface area contributed by atoms with E-state index >= 15 is 0 Å². The molecule has 0 aromatic carbocycles. The molecule has 2 rings (SSSR count). The average molecular weight is 472 g/mol. The van der Waals surface area contributed by atoms with E-state index < -0.39 is 10.0 Å². The van der Waals surface area contributed by atoms with Gasteiger partial charge in [0, 0.05) is 26.7 Å². The number of likely N-dealkylation sites (N-methyl/N-ethyl adjacent to an activating group) is 1. The molecule has 0 amide bonds. The lowest BCUT2D eigenvalue weighted by atomic mass is 10.00. The quantitative estimate of drug-likeness (QED) is 0.404. The number of thiophene rings is 1. The molecule has 1 saturated heterocycles. The Hall–Kier alpha value is -0.390. The van der Waals surface area contributed by atoms with Crippen molar-refractivity contribution in [3.8, 4) is 0 Å². The fourth-order valence-electron chi connectivity index (χ4n) is 2.33. The molecule has 9 heteroatoms. The van der Waals surface area contributed by atoms with Crippen molar-refractivity contribution in [2.75, 3.05) is 33.2 Å². The number of likely N-dealkylation sites (tertiary alicyclic amines) is 1. The number of hydrogen-bond donors (Lipinski definition) is 1. The van der Waals surface area contributed by atoms with Crippen molar-refractivity contribution in [1.82, 2.24) is 9.21 Å². The second-order valence-electron chi connectivity index (χ2n) is 5.67. The van der Waals surface area contributed by atoms with E-state index in [0.717, 1.165) is 31.8 Å². The summed E-state index contributed by atoms with van der Waals surface area (Å²) >= 11 is 1.22. The highest BCUT2D eigenvalue weighted by Crippen LogP contribution is 2.19. The SMILES string of the molecule is CC1CCN(C(N)=NCCN(C)S(=O)(=O)c2cccs2)CC1.I. The first-order chi connectivity index (χ1) is 10.4. The summed E-state index contributed by atoms with van der Waals surface area (Å²) in [6.07, 6.45) is 2.26. The minimum atomic E-state index is -3.40. The number of piperidine rings is 1. The van der Waals surface area contributed by atoms with E-state index in [-0.39, 0.29) is 24.0 Å². The van der Waals surface area contributed by atoms with Crippen molar-refractivity contribution in [3.63, 3.8) is 0 Å². The maximum absolute atomic E-state index is 12.3. The van der Waals surface area contributed by atoms with Gasteiger partial charge in [-0.15, -0.1) is 35.3 Å². The van der Waals surface area contributed by atoms with Crippen LogP contribution in [0.4, 0.5) is 0 Å². The molecule has 1 aliphatic rings. The Morgan fingerprint density at radius 1 is 1.48 bits per heavy atom. The zero-order chi connectivity index (χ0) is 16.2. The van der Waals surface area contributed by atoms with E-state index in [9.17, 15) is 8.42 Å². The molecular weight excluding hydrogens is 447 g/mol. The number of halogens is 1. The summed E-state index contributed by atoms with van der Waals surface area (Å²) in [5.41, 5.74) is 5.99. The van der Waals surface area contributed by atoms with Crippen molar-refractivity contribution in [3.05, 3.63) is 17.5 Å². The minimum Gasteiger partial charge on any atom is -0.370 e. The van der Waals surface area contributed by atoms with E-state index in [1.54, 1.807) is 24.6 Å². The van der Waals surface area contributed by atoms with Crippen molar-refractivity contribution < 1.29 is 8.42 Å². The smallest absolute Gasteiger partial charge is 0.252 e. The van der Waals surface area contributed by atoms with Gasteiger partial charge in [0.2, 0.25) is 0 Å². The fourth-order valence-corrected chi connectivity index (χ4v) is 4.69. The first-order valence-corrected chi connectivity index (χ1v) is 9.78. The Balaban J connectivity index is 0.00000264. The molecule has 6 nitrogen and oxygen atoms in total. The van der Waals surface area contributed by atoms with Crippen LogP contribution in [0.1, 0.15) is 19.8 Å². The van der Waals surface area contributed by atoms with Crippen LogP contribution in [0.15, 0.2) is 26.7 Å². The molecule has 0 atom stereocenters. The first kappa shape index (κ1) is 20.7. The number of guanidine groups is 1. The van der Waals surface area contributed by atoms with Gasteiger partial charge in [0.15, 0.2) is 5.96 Å². The van der Waals surface area contributed by atoms with Crippen LogP contribution in [-0.4, -0.2) is 56.8 Å². The predicted octanol–water partition coefficient (Wildman–Crippen LogP) is 2.03. The third-order valence-corrected chi connectivity index (χ3v) is 7.19. The molecule has 1 aromatic rings. The number of rotatable bonds is 5. The van der Waals surface area contributed by atoms with Crippen LogP contribution in [0.25, 0.3) is 0 Å². The Kier molecular flexibility index (Phi) is 8.25. The van der Waals surface area contributed by atoms with Crippen molar-refractivity contribution >= 4 is 51.3 Å². The molecule has 1 aromatic heterocycles. The monoisotopic (exact) mass is 472 g/mol. The summed E-state index contributed by atoms with van der Waals surface area (Å²) in [6, 6.07) is 3.35. The molecule has 0 radical (unpaired) electrons. The molecule has 0 unspecified atom stereocenters. The molecule has 132 valence electrons. The normalized spacial score (nSPS) is 17.3. The van der Waals surface area contributed by atoms with E-state index in [1.807, 2.05) is 0 Å². The number of nitrogens with zero attached hydrogens (tertiary/aromatic N) is 3. The van der Waals surface area contributed by atoms with Crippen LogP contribution in [0.3, 0.4) is 0 Å². The van der Waals surface area contributed by atoms with Gasteiger partial charge in [-0.2, -0.15) is 4.31 Å². The Morgan fingerprint density at radius 3 is 2.70 bits per heavy atom. The van der Waals surface area contributed by atoms with Gasteiger partial charge in [0.1, 0.15) is 4.21 Å². The summed E-state index contributed by atoms with van der Waals surface area (Å²) in [5, 5.41) is 1.76. The molecule has 2 heterocycles. The van der Waals surface area contributed by atoms with Gasteiger partial charge >= 0.3 is 0 Å². The average Bonchev–Trinajstić information content (AvgIpc) is 3.02. The standard InChI is InChI=1S/C14H24N4O2S2.HI/c1-12-5-8-18(9-6-12)14(15)16-7-10-17(2)22(19,20)13-4-3-11-21-13;/h3-4,11-12H,5-10H2,1-2H3,(H2,15,16);1H. The van der Waals surface area contributed by atoms with Crippen molar-refractivity contribution in [2.45, 2.75) is 24.0 Å². The molecule has 2 N–H and O–H groups in total. The topological polar surface area (TPSA) is 79.0 Å². The number of sulfonamides is 1. The van der Waals surface area contributed by atoms with Crippen molar-refractivity contribution in [2.24, 2.45) is 16.6 Å². The van der Waals surface area contributed by atoms with Gasteiger partial charge < -0.3 is 10.6 Å². The molecular formula is C14H25IN4O2S2. The maximum atomic E-state index is 12.3. The second-order valence-corrected chi connectivity index (χ2v) is 8.89. The molecule has 0 bridgehead atoms. The summed E-state index contributed by atoms with van der Waals surface area (Å²) < 4.78 is 26.2. The van der Waals surface area contributed by atoms with Gasteiger partial charge in [-0.25, -0.2) is 8.42 Å². The largest absolute Gasteiger partial charge is 0.370 e. The van der Waals surface area contributed by atoms with Gasteiger partial charge in [-0.3, -0.25) is 4.99 Å². The summed E-state index contributed by atoms with van der Waals surface area (Å²) in [6.45, 7) is 4.80. The van der Waals surface area contributed by atoms with Crippen LogP contribution in [0.2, 0.25) is 0 Å². The Bertz CT molecular complexity index is 596. The van der Waals surface area contributed by atoms with E-state index in [2.05, 4.69) is 16.8 Å². The lowest BCUT2D eigenvalue weighted by Gasteiger charge is -2.31. The highest BCUT2D eigenvalue weighted by molar-refractivity contribution is 14.0. The van der Waals surface area contributed by atoms with E-state index in [0.29, 0.717) is 23.3 Å². The zero-order valence-corrected chi connectivity index (χ0v) is 17.5. The number of nitrogens with two attached hydrogens (primary N) is 1. The lowest BCUT2D eigenvalue weighted by molar-refractivity contribution is 0.277. The second kappa shape index (κ2) is 9.19. The highest BCUT2D eigenvalue weighted by Gasteiger charge is 2.21. The molecule has 0 aliphatic carbocycles. The minimum absolute atomic E-state index is 0. The van der Waals surface area contributed by atoms with Gasteiger partial charge in [-0.05, 0) is 30.2 Å². The summed E-state index contributed by atoms with van der Waals surface area (Å²) in [7, 11) is -1.82. The van der Waals surface area contributed by atoms with Gasteiger partial charge in [-0.1, -0.05) is 13.0 Å². The van der Waals surface area contributed by atoms with Crippen LogP contribution in [0, 0.1) is 5.92 Å². The maximum Gasteiger partial charge on any atom is 0.252 e. The van der Waals surface area contributed by atoms with Crippen LogP contribution >= 0.6 is 35.3 Å². The fraction of sp³-hybridized carbons (Fsp3) is 0.643. The third-order valence-electron chi connectivity index (χ3n) is 3.96. The number of aliphatic imine (C=N–C) groups is 1. The Morgan fingerprint density at radius 2 is 2.13 bits per heavy atom. The zero-order valence-electron chi connectivity index (χ0n) is 13.5. The predicted molar refractivity (Wildman–Crippen MR) is 106 cm³/mol. The number of hydrogen-bond acceptors (Lipinski definition) is 4. The lowest BCUT2D eigenvalue weighted by Crippen LogP contribution is -2.43. The summed E-state index contributed by atoms with van der Waals surface area (Å²) in [4.78, 5) is 6.40. The first-order valence-electron chi connectivity index (χ1n) is 7.46. The molecule has 1 aliphatic heterocycles.